The summed E-state index contributed by atoms with van der Waals surface area (Å²) in [5, 5.41) is 9.99. The first-order chi connectivity index (χ1) is 8.88. The Balaban J connectivity index is 2.11. The summed E-state index contributed by atoms with van der Waals surface area (Å²) in [6.07, 6.45) is 5.77. The zero-order chi connectivity index (χ0) is 14.0. The molecule has 1 heterocycles. The van der Waals surface area contributed by atoms with E-state index in [1.54, 1.807) is 6.20 Å². The molecule has 2 rings (SSSR count). The van der Waals surface area contributed by atoms with Crippen LogP contribution < -0.4 is 0 Å². The summed E-state index contributed by atoms with van der Waals surface area (Å²) in [7, 11) is 0. The number of thioether (sulfide) groups is 1. The van der Waals surface area contributed by atoms with Gasteiger partial charge in [-0.15, -0.1) is 0 Å². The maximum atomic E-state index is 11.4. The number of nitrogens with zero attached hydrogens (tertiary/aromatic N) is 1. The highest BCUT2D eigenvalue weighted by atomic mass is 32.2. The maximum Gasteiger partial charge on any atom is 0.307 e. The number of aliphatic carboxylic acids is 1. The molecule has 3 atom stereocenters. The molecular formula is C14H21NO3S. The number of hydrogen-bond donors (Lipinski definition) is 1. The second-order valence-corrected chi connectivity index (χ2v) is 7.47. The van der Waals surface area contributed by atoms with Crippen molar-refractivity contribution in [3.8, 4) is 0 Å². The van der Waals surface area contributed by atoms with Gasteiger partial charge in [-0.3, -0.25) is 4.79 Å². The third kappa shape index (κ3) is 3.53. The van der Waals surface area contributed by atoms with Crippen molar-refractivity contribution < 1.29 is 14.3 Å². The van der Waals surface area contributed by atoms with E-state index in [4.69, 9.17) is 4.42 Å². The molecule has 1 aromatic heterocycles. The van der Waals surface area contributed by atoms with Crippen LogP contribution in [-0.2, 0) is 4.79 Å². The molecule has 0 radical (unpaired) electrons. The molecule has 0 bridgehead atoms. The number of rotatable bonds is 3. The molecule has 0 aliphatic heterocycles. The Bertz CT molecular complexity index is 424. The highest BCUT2D eigenvalue weighted by Crippen LogP contribution is 2.45. The molecule has 0 aromatic carbocycles. The molecule has 106 valence electrons. The summed E-state index contributed by atoms with van der Waals surface area (Å²) < 4.78 is 5.24. The summed E-state index contributed by atoms with van der Waals surface area (Å²) in [6.45, 7) is 6.68. The normalized spacial score (nSPS) is 28.3. The Kier molecular flexibility index (Phi) is 4.23. The highest BCUT2D eigenvalue weighted by molar-refractivity contribution is 7.99. The predicted octanol–water partition coefficient (Wildman–Crippen LogP) is 3.68. The number of oxazole rings is 1. The summed E-state index contributed by atoms with van der Waals surface area (Å²) in [5.74, 6) is -0.442. The molecule has 4 nitrogen and oxygen atoms in total. The van der Waals surface area contributed by atoms with Gasteiger partial charge in [-0.25, -0.2) is 4.98 Å². The van der Waals surface area contributed by atoms with Gasteiger partial charge in [0, 0.05) is 5.25 Å². The van der Waals surface area contributed by atoms with Gasteiger partial charge in [-0.2, -0.15) is 0 Å². The fraction of sp³-hybridized carbons (Fsp3) is 0.714. The van der Waals surface area contributed by atoms with E-state index in [0.717, 1.165) is 19.3 Å². The van der Waals surface area contributed by atoms with Crippen LogP contribution in [0.5, 0.6) is 0 Å². The fourth-order valence-corrected chi connectivity index (χ4v) is 3.96. The Hall–Kier alpha value is -0.970. The molecular weight excluding hydrogens is 262 g/mol. The van der Waals surface area contributed by atoms with E-state index in [2.05, 4.69) is 25.8 Å². The molecule has 1 fully saturated rings. The van der Waals surface area contributed by atoms with Crippen molar-refractivity contribution in [1.82, 2.24) is 4.98 Å². The van der Waals surface area contributed by atoms with Crippen molar-refractivity contribution in [2.75, 3.05) is 0 Å². The standard InChI is InChI=1S/C14H21NO3S/c1-14(2,3)9-4-5-10(12(16)17)11(8-9)19-13-15-6-7-18-13/h6-7,9-11H,4-5,8H2,1-3H3,(H,16,17). The van der Waals surface area contributed by atoms with Gasteiger partial charge in [-0.05, 0) is 30.6 Å². The van der Waals surface area contributed by atoms with Crippen molar-refractivity contribution in [2.45, 2.75) is 50.5 Å². The Morgan fingerprint density at radius 2 is 2.21 bits per heavy atom. The quantitative estimate of drug-likeness (QED) is 0.916. The van der Waals surface area contributed by atoms with Crippen LogP contribution in [-0.4, -0.2) is 21.3 Å². The molecule has 1 saturated carbocycles. The van der Waals surface area contributed by atoms with Crippen molar-refractivity contribution in [2.24, 2.45) is 17.3 Å². The number of hydrogen-bond acceptors (Lipinski definition) is 4. The lowest BCUT2D eigenvalue weighted by Gasteiger charge is -2.39. The van der Waals surface area contributed by atoms with Crippen LogP contribution >= 0.6 is 11.8 Å². The van der Waals surface area contributed by atoms with E-state index in [-0.39, 0.29) is 16.6 Å². The van der Waals surface area contributed by atoms with Crippen LogP contribution in [0.15, 0.2) is 22.1 Å². The SMILES string of the molecule is CC(C)(C)C1CCC(C(=O)O)C(Sc2ncco2)C1. The van der Waals surface area contributed by atoms with Crippen LogP contribution in [0.4, 0.5) is 0 Å². The summed E-state index contributed by atoms with van der Waals surface area (Å²) in [6, 6.07) is 0. The smallest absolute Gasteiger partial charge is 0.307 e. The minimum atomic E-state index is -0.698. The first-order valence-electron chi connectivity index (χ1n) is 6.67. The van der Waals surface area contributed by atoms with Crippen LogP contribution in [0.3, 0.4) is 0 Å². The Morgan fingerprint density at radius 1 is 1.47 bits per heavy atom. The van der Waals surface area contributed by atoms with Gasteiger partial charge >= 0.3 is 5.97 Å². The third-order valence-corrected chi connectivity index (χ3v) is 5.22. The van der Waals surface area contributed by atoms with Crippen LogP contribution in [0.25, 0.3) is 0 Å². The zero-order valence-electron chi connectivity index (χ0n) is 11.6. The van der Waals surface area contributed by atoms with E-state index >= 15 is 0 Å². The van der Waals surface area contributed by atoms with Gasteiger partial charge in [0.1, 0.15) is 6.26 Å². The Morgan fingerprint density at radius 3 is 2.74 bits per heavy atom. The highest BCUT2D eigenvalue weighted by Gasteiger charge is 2.40. The molecule has 0 saturated heterocycles. The van der Waals surface area contributed by atoms with Gasteiger partial charge in [-0.1, -0.05) is 32.5 Å². The molecule has 3 unspecified atom stereocenters. The monoisotopic (exact) mass is 283 g/mol. The van der Waals surface area contributed by atoms with Crippen molar-refractivity contribution in [3.05, 3.63) is 12.5 Å². The number of carboxylic acids is 1. The lowest BCUT2D eigenvalue weighted by Crippen LogP contribution is -2.37. The first kappa shape index (κ1) is 14.4. The molecule has 0 amide bonds. The predicted molar refractivity (Wildman–Crippen MR) is 74.1 cm³/mol. The van der Waals surface area contributed by atoms with Crippen LogP contribution in [0.2, 0.25) is 0 Å². The van der Waals surface area contributed by atoms with Gasteiger partial charge in [0.05, 0.1) is 12.1 Å². The van der Waals surface area contributed by atoms with Gasteiger partial charge in [0.15, 0.2) is 0 Å². The molecule has 0 spiro atoms. The third-order valence-electron chi connectivity index (χ3n) is 4.00. The van der Waals surface area contributed by atoms with E-state index in [0.29, 0.717) is 11.1 Å². The van der Waals surface area contributed by atoms with E-state index in [1.165, 1.54) is 18.0 Å². The lowest BCUT2D eigenvalue weighted by atomic mass is 9.69. The van der Waals surface area contributed by atoms with Crippen LogP contribution in [0, 0.1) is 17.3 Å². The second kappa shape index (κ2) is 5.57. The number of aromatic nitrogens is 1. The van der Waals surface area contributed by atoms with Crippen molar-refractivity contribution in [3.63, 3.8) is 0 Å². The van der Waals surface area contributed by atoms with Crippen molar-refractivity contribution >= 4 is 17.7 Å². The van der Waals surface area contributed by atoms with Crippen LogP contribution in [0.1, 0.15) is 40.0 Å². The molecule has 1 N–H and O–H groups in total. The van der Waals surface area contributed by atoms with E-state index in [1.807, 2.05) is 0 Å². The average molecular weight is 283 g/mol. The molecule has 5 heteroatoms. The lowest BCUT2D eigenvalue weighted by molar-refractivity contribution is -0.143. The molecule has 1 aliphatic rings. The summed E-state index contributed by atoms with van der Waals surface area (Å²) >= 11 is 1.47. The molecule has 19 heavy (non-hydrogen) atoms. The summed E-state index contributed by atoms with van der Waals surface area (Å²) in [5.41, 5.74) is 0.221. The zero-order valence-corrected chi connectivity index (χ0v) is 12.4. The largest absolute Gasteiger partial charge is 0.481 e. The maximum absolute atomic E-state index is 11.4. The van der Waals surface area contributed by atoms with Gasteiger partial charge in [0.2, 0.25) is 0 Å². The first-order valence-corrected chi connectivity index (χ1v) is 7.55. The second-order valence-electron chi connectivity index (χ2n) is 6.28. The average Bonchev–Trinajstić information content (AvgIpc) is 2.80. The Labute approximate surface area is 118 Å². The van der Waals surface area contributed by atoms with E-state index in [9.17, 15) is 9.90 Å². The van der Waals surface area contributed by atoms with Crippen molar-refractivity contribution in [1.29, 1.82) is 0 Å². The fourth-order valence-electron chi connectivity index (χ4n) is 2.73. The van der Waals surface area contributed by atoms with Gasteiger partial charge in [0.25, 0.3) is 5.22 Å². The van der Waals surface area contributed by atoms with E-state index < -0.39 is 5.97 Å². The molecule has 1 aromatic rings. The minimum absolute atomic E-state index is 0.0501. The molecule has 1 aliphatic carbocycles. The number of carbonyl (C=O) groups is 1. The van der Waals surface area contributed by atoms with Gasteiger partial charge < -0.3 is 9.52 Å². The minimum Gasteiger partial charge on any atom is -0.481 e. The summed E-state index contributed by atoms with van der Waals surface area (Å²) in [4.78, 5) is 15.5. The topological polar surface area (TPSA) is 63.3 Å². The number of carboxylic acid groups (broad SMARTS) is 1.